The van der Waals surface area contributed by atoms with Crippen molar-refractivity contribution < 1.29 is 9.18 Å². The summed E-state index contributed by atoms with van der Waals surface area (Å²) in [7, 11) is 0. The zero-order chi connectivity index (χ0) is 12.3. The van der Waals surface area contributed by atoms with E-state index < -0.39 is 0 Å². The predicted molar refractivity (Wildman–Crippen MR) is 65.4 cm³/mol. The Bertz CT molecular complexity index is 414. The Hall–Kier alpha value is -1.42. The second-order valence-electron chi connectivity index (χ2n) is 4.55. The highest BCUT2D eigenvalue weighted by atomic mass is 19.1. The molecular weight excluding hydrogens is 219 g/mol. The van der Waals surface area contributed by atoms with Gasteiger partial charge in [-0.25, -0.2) is 4.39 Å². The Kier molecular flexibility index (Phi) is 3.74. The van der Waals surface area contributed by atoms with Gasteiger partial charge >= 0.3 is 0 Å². The molecule has 1 aromatic rings. The van der Waals surface area contributed by atoms with E-state index in [1.54, 1.807) is 25.1 Å². The van der Waals surface area contributed by atoms with Crippen LogP contribution in [0, 0.1) is 18.7 Å². The van der Waals surface area contributed by atoms with Crippen LogP contribution >= 0.6 is 0 Å². The first kappa shape index (κ1) is 12.0. The van der Waals surface area contributed by atoms with Gasteiger partial charge in [-0.05, 0) is 44.0 Å². The number of rotatable bonds is 3. The first-order valence-electron chi connectivity index (χ1n) is 5.92. The monoisotopic (exact) mass is 236 g/mol. The van der Waals surface area contributed by atoms with Crippen molar-refractivity contribution in [2.24, 2.45) is 5.92 Å². The fourth-order valence-corrected chi connectivity index (χ4v) is 2.10. The van der Waals surface area contributed by atoms with E-state index in [0.29, 0.717) is 17.9 Å². The van der Waals surface area contributed by atoms with Crippen molar-refractivity contribution in [2.75, 3.05) is 18.4 Å². The van der Waals surface area contributed by atoms with E-state index in [1.165, 1.54) is 0 Å². The van der Waals surface area contributed by atoms with Crippen molar-refractivity contribution in [2.45, 2.75) is 19.8 Å². The molecule has 1 aliphatic rings. The largest absolute Gasteiger partial charge is 0.324 e. The zero-order valence-corrected chi connectivity index (χ0v) is 9.92. The molecule has 0 radical (unpaired) electrons. The topological polar surface area (TPSA) is 41.1 Å². The highest BCUT2D eigenvalue weighted by Crippen LogP contribution is 2.19. The number of hydrogen-bond acceptors (Lipinski definition) is 2. The van der Waals surface area contributed by atoms with Gasteiger partial charge in [-0.3, -0.25) is 4.79 Å². The minimum atomic E-state index is -0.342. The van der Waals surface area contributed by atoms with Gasteiger partial charge in [0, 0.05) is 6.42 Å². The van der Waals surface area contributed by atoms with Gasteiger partial charge in [0.05, 0.1) is 5.69 Å². The molecule has 1 amide bonds. The minimum Gasteiger partial charge on any atom is -0.324 e. The number of anilines is 1. The molecule has 1 atom stereocenters. The van der Waals surface area contributed by atoms with Crippen LogP contribution in [-0.2, 0) is 4.79 Å². The lowest BCUT2D eigenvalue weighted by atomic mass is 10.0. The van der Waals surface area contributed by atoms with Crippen LogP contribution in [0.5, 0.6) is 0 Å². The molecule has 1 aromatic carbocycles. The molecule has 92 valence electrons. The van der Waals surface area contributed by atoms with Gasteiger partial charge in [0.25, 0.3) is 0 Å². The number of carbonyl (C=O) groups is 1. The lowest BCUT2D eigenvalue weighted by Crippen LogP contribution is -2.19. The molecule has 0 bridgehead atoms. The van der Waals surface area contributed by atoms with Crippen LogP contribution in [0.1, 0.15) is 18.4 Å². The van der Waals surface area contributed by atoms with Crippen LogP contribution in [0.2, 0.25) is 0 Å². The summed E-state index contributed by atoms with van der Waals surface area (Å²) in [5.74, 6) is -0.0727. The SMILES string of the molecule is Cc1cccc(NC(=O)CC2CCNC2)c1F. The fourth-order valence-electron chi connectivity index (χ4n) is 2.10. The standard InChI is InChI=1S/C13H17FN2O/c1-9-3-2-4-11(13(9)14)16-12(17)7-10-5-6-15-8-10/h2-4,10,15H,5-8H2,1H3,(H,16,17). The molecule has 2 rings (SSSR count). The quantitative estimate of drug-likeness (QED) is 0.843. The van der Waals surface area contributed by atoms with Gasteiger partial charge in [0.2, 0.25) is 5.91 Å². The second-order valence-corrected chi connectivity index (χ2v) is 4.55. The van der Waals surface area contributed by atoms with Crippen LogP contribution in [-0.4, -0.2) is 19.0 Å². The molecule has 4 heteroatoms. The summed E-state index contributed by atoms with van der Waals surface area (Å²) in [5.41, 5.74) is 0.825. The molecule has 17 heavy (non-hydrogen) atoms. The third-order valence-corrected chi connectivity index (χ3v) is 3.10. The minimum absolute atomic E-state index is 0.108. The first-order chi connectivity index (χ1) is 8.16. The maximum atomic E-state index is 13.6. The van der Waals surface area contributed by atoms with Gasteiger partial charge in [0.15, 0.2) is 0 Å². The second kappa shape index (κ2) is 5.27. The van der Waals surface area contributed by atoms with Crippen LogP contribution in [0.25, 0.3) is 0 Å². The molecule has 1 fully saturated rings. The van der Waals surface area contributed by atoms with Crippen molar-refractivity contribution in [3.8, 4) is 0 Å². The van der Waals surface area contributed by atoms with Crippen LogP contribution in [0.4, 0.5) is 10.1 Å². The van der Waals surface area contributed by atoms with Gasteiger partial charge in [-0.2, -0.15) is 0 Å². The summed E-state index contributed by atoms with van der Waals surface area (Å²) in [6.45, 7) is 3.53. The van der Waals surface area contributed by atoms with Gasteiger partial charge in [0.1, 0.15) is 5.82 Å². The maximum absolute atomic E-state index is 13.6. The Morgan fingerprint density at radius 1 is 1.59 bits per heavy atom. The molecule has 3 nitrogen and oxygen atoms in total. The molecule has 1 saturated heterocycles. The number of aryl methyl sites for hydroxylation is 1. The van der Waals surface area contributed by atoms with E-state index in [4.69, 9.17) is 0 Å². The van der Waals surface area contributed by atoms with Gasteiger partial charge in [-0.1, -0.05) is 12.1 Å². The summed E-state index contributed by atoms with van der Waals surface area (Å²) in [5, 5.41) is 5.84. The van der Waals surface area contributed by atoms with E-state index in [2.05, 4.69) is 10.6 Å². The third kappa shape index (κ3) is 3.03. The third-order valence-electron chi connectivity index (χ3n) is 3.10. The average molecular weight is 236 g/mol. The highest BCUT2D eigenvalue weighted by Gasteiger charge is 2.18. The summed E-state index contributed by atoms with van der Waals surface area (Å²) in [4.78, 5) is 11.7. The van der Waals surface area contributed by atoms with Gasteiger partial charge in [-0.15, -0.1) is 0 Å². The molecule has 1 aliphatic heterocycles. The van der Waals surface area contributed by atoms with Crippen LogP contribution in [0.3, 0.4) is 0 Å². The lowest BCUT2D eigenvalue weighted by molar-refractivity contribution is -0.117. The normalized spacial score (nSPS) is 19.3. The smallest absolute Gasteiger partial charge is 0.224 e. The lowest BCUT2D eigenvalue weighted by Gasteiger charge is -2.10. The Morgan fingerprint density at radius 2 is 2.41 bits per heavy atom. The number of hydrogen-bond donors (Lipinski definition) is 2. The number of carbonyl (C=O) groups excluding carboxylic acids is 1. The number of benzene rings is 1. The van der Waals surface area contributed by atoms with Crippen molar-refractivity contribution in [3.05, 3.63) is 29.6 Å². The van der Waals surface area contributed by atoms with E-state index in [9.17, 15) is 9.18 Å². The molecule has 1 unspecified atom stereocenters. The molecule has 0 aliphatic carbocycles. The summed E-state index contributed by atoms with van der Waals surface area (Å²) < 4.78 is 13.6. The molecule has 1 heterocycles. The maximum Gasteiger partial charge on any atom is 0.224 e. The first-order valence-corrected chi connectivity index (χ1v) is 5.92. The van der Waals surface area contributed by atoms with Gasteiger partial charge < -0.3 is 10.6 Å². The van der Waals surface area contributed by atoms with Crippen molar-refractivity contribution in [3.63, 3.8) is 0 Å². The number of halogens is 1. The Labute approximate surface area is 100 Å². The zero-order valence-electron chi connectivity index (χ0n) is 9.92. The van der Waals surface area contributed by atoms with E-state index in [-0.39, 0.29) is 17.4 Å². The molecular formula is C13H17FN2O. The van der Waals surface area contributed by atoms with Crippen LogP contribution in [0.15, 0.2) is 18.2 Å². The van der Waals surface area contributed by atoms with E-state index in [1.807, 2.05) is 0 Å². The van der Waals surface area contributed by atoms with Crippen molar-refractivity contribution in [1.82, 2.24) is 5.32 Å². The number of amides is 1. The van der Waals surface area contributed by atoms with Crippen molar-refractivity contribution in [1.29, 1.82) is 0 Å². The van der Waals surface area contributed by atoms with E-state index >= 15 is 0 Å². The number of nitrogens with one attached hydrogen (secondary N) is 2. The average Bonchev–Trinajstić information content (AvgIpc) is 2.77. The highest BCUT2D eigenvalue weighted by molar-refractivity contribution is 5.91. The Balaban J connectivity index is 1.95. The summed E-state index contributed by atoms with van der Waals surface area (Å²) >= 11 is 0. The fraction of sp³-hybridized carbons (Fsp3) is 0.462. The van der Waals surface area contributed by atoms with Crippen molar-refractivity contribution >= 4 is 11.6 Å². The molecule has 2 N–H and O–H groups in total. The Morgan fingerprint density at radius 3 is 3.12 bits per heavy atom. The molecule has 0 saturated carbocycles. The predicted octanol–water partition coefficient (Wildman–Crippen LogP) is 2.07. The van der Waals surface area contributed by atoms with E-state index in [0.717, 1.165) is 19.5 Å². The van der Waals surface area contributed by atoms with Crippen LogP contribution < -0.4 is 10.6 Å². The molecule has 0 spiro atoms. The summed E-state index contributed by atoms with van der Waals surface area (Å²) in [6.07, 6.45) is 1.48. The molecule has 0 aromatic heterocycles. The summed E-state index contributed by atoms with van der Waals surface area (Å²) in [6, 6.07) is 5.02.